The van der Waals surface area contributed by atoms with Crippen molar-refractivity contribution >= 4 is 22.8 Å². The Morgan fingerprint density at radius 2 is 2.00 bits per heavy atom. The maximum absolute atomic E-state index is 12.5. The summed E-state index contributed by atoms with van der Waals surface area (Å²) < 4.78 is 7.08. The molecular formula is C20H24N2O3. The lowest BCUT2D eigenvalue weighted by Crippen LogP contribution is -2.26. The Morgan fingerprint density at radius 1 is 1.24 bits per heavy atom. The van der Waals surface area contributed by atoms with Crippen molar-refractivity contribution in [3.05, 3.63) is 47.8 Å². The number of carbonyl (C=O) groups excluding carboxylic acids is 2. The van der Waals surface area contributed by atoms with Gasteiger partial charge >= 0.3 is 6.09 Å². The molecule has 25 heavy (non-hydrogen) atoms. The molecule has 1 aliphatic carbocycles. The molecule has 0 aliphatic heterocycles. The Bertz CT molecular complexity index is 840. The van der Waals surface area contributed by atoms with Crippen LogP contribution in [-0.4, -0.2) is 28.6 Å². The monoisotopic (exact) mass is 340 g/mol. The average Bonchev–Trinajstić information content (AvgIpc) is 3.10. The lowest BCUT2D eigenvalue weighted by atomic mass is 10.1. The van der Waals surface area contributed by atoms with Gasteiger partial charge in [-0.2, -0.15) is 0 Å². The maximum Gasteiger partial charge on any atom is 0.419 e. The third-order valence-corrected chi connectivity index (χ3v) is 4.11. The molecule has 3 rings (SSSR count). The highest BCUT2D eigenvalue weighted by molar-refractivity contribution is 5.93. The second kappa shape index (κ2) is 6.75. The fraction of sp³-hybridized carbons (Fsp3) is 0.400. The highest BCUT2D eigenvalue weighted by Gasteiger charge is 2.20. The molecule has 1 aromatic heterocycles. The Balaban J connectivity index is 1.78. The van der Waals surface area contributed by atoms with Crippen LogP contribution in [0.4, 0.5) is 4.79 Å². The molecule has 0 fully saturated rings. The number of nitrogens with zero attached hydrogens (tertiary/aromatic N) is 1. The summed E-state index contributed by atoms with van der Waals surface area (Å²) in [4.78, 5) is 23.8. The van der Waals surface area contributed by atoms with Crippen LogP contribution in [0.15, 0.2) is 42.2 Å². The minimum atomic E-state index is -0.536. The normalized spacial score (nSPS) is 14.7. The lowest BCUT2D eigenvalue weighted by molar-refractivity contribution is -0.114. The second-order valence-electron chi connectivity index (χ2n) is 7.33. The molecule has 1 heterocycles. The number of nitrogens with one attached hydrogen (secondary N) is 1. The van der Waals surface area contributed by atoms with Crippen LogP contribution in [0.3, 0.4) is 0 Å². The Labute approximate surface area is 147 Å². The molecule has 0 saturated heterocycles. The van der Waals surface area contributed by atoms with Crippen molar-refractivity contribution in [2.24, 2.45) is 0 Å². The Kier molecular flexibility index (Phi) is 4.66. The summed E-state index contributed by atoms with van der Waals surface area (Å²) in [5.41, 5.74) is 2.40. The molecule has 132 valence electrons. The number of ketones is 1. The standard InChI is InChI=1S/C20H24N2O3/c1-20(2,3)25-19(24)22-13-14(17-6-4-5-7-18(17)22)10-11-21-15-8-9-16(23)12-15/h4-7,12-13,21H,8-11H2,1-3H3. The van der Waals surface area contributed by atoms with E-state index in [1.165, 1.54) is 0 Å². The first kappa shape index (κ1) is 17.3. The van der Waals surface area contributed by atoms with Crippen LogP contribution in [0.1, 0.15) is 39.2 Å². The molecule has 0 spiro atoms. The van der Waals surface area contributed by atoms with Crippen LogP contribution in [0.2, 0.25) is 0 Å². The minimum absolute atomic E-state index is 0.184. The van der Waals surface area contributed by atoms with Crippen molar-refractivity contribution < 1.29 is 14.3 Å². The van der Waals surface area contributed by atoms with Gasteiger partial charge in [-0.15, -0.1) is 0 Å². The number of aromatic nitrogens is 1. The fourth-order valence-corrected chi connectivity index (χ4v) is 3.01. The average molecular weight is 340 g/mol. The zero-order valence-corrected chi connectivity index (χ0v) is 15.0. The van der Waals surface area contributed by atoms with Crippen LogP contribution in [0, 0.1) is 0 Å². The van der Waals surface area contributed by atoms with E-state index < -0.39 is 5.60 Å². The number of para-hydroxylation sites is 1. The third kappa shape index (κ3) is 4.10. The number of hydrogen-bond donors (Lipinski definition) is 1. The molecule has 1 N–H and O–H groups in total. The third-order valence-electron chi connectivity index (χ3n) is 4.11. The van der Waals surface area contributed by atoms with Gasteiger partial charge in [-0.05, 0) is 45.2 Å². The van der Waals surface area contributed by atoms with E-state index in [4.69, 9.17) is 4.74 Å². The largest absolute Gasteiger partial charge is 0.443 e. The summed E-state index contributed by atoms with van der Waals surface area (Å²) in [6.45, 7) is 6.30. The minimum Gasteiger partial charge on any atom is -0.443 e. The number of carbonyl (C=O) groups is 2. The van der Waals surface area contributed by atoms with E-state index in [0.717, 1.165) is 41.5 Å². The number of ether oxygens (including phenoxy) is 1. The molecular weight excluding hydrogens is 316 g/mol. The smallest absolute Gasteiger partial charge is 0.419 e. The van der Waals surface area contributed by atoms with E-state index >= 15 is 0 Å². The summed E-state index contributed by atoms with van der Waals surface area (Å²) in [7, 11) is 0. The first-order valence-electron chi connectivity index (χ1n) is 8.63. The van der Waals surface area contributed by atoms with Crippen molar-refractivity contribution in [2.45, 2.75) is 45.6 Å². The molecule has 0 unspecified atom stereocenters. The Hall–Kier alpha value is -2.56. The van der Waals surface area contributed by atoms with Crippen LogP contribution in [0.5, 0.6) is 0 Å². The summed E-state index contributed by atoms with van der Waals surface area (Å²) in [5, 5.41) is 4.36. The number of fused-ring (bicyclic) bond motifs is 1. The lowest BCUT2D eigenvalue weighted by Gasteiger charge is -2.19. The van der Waals surface area contributed by atoms with E-state index in [9.17, 15) is 9.59 Å². The van der Waals surface area contributed by atoms with Gasteiger partial charge in [0.05, 0.1) is 5.52 Å². The van der Waals surface area contributed by atoms with Crippen LogP contribution >= 0.6 is 0 Å². The number of benzene rings is 1. The fourth-order valence-electron chi connectivity index (χ4n) is 3.01. The summed E-state index contributed by atoms with van der Waals surface area (Å²) in [5.74, 6) is 0.184. The molecule has 0 atom stereocenters. The summed E-state index contributed by atoms with van der Waals surface area (Å²) in [6, 6.07) is 7.83. The van der Waals surface area contributed by atoms with E-state index in [1.807, 2.05) is 51.2 Å². The van der Waals surface area contributed by atoms with Crippen molar-refractivity contribution in [3.8, 4) is 0 Å². The van der Waals surface area contributed by atoms with Gasteiger partial charge in [-0.25, -0.2) is 4.79 Å². The highest BCUT2D eigenvalue weighted by Crippen LogP contribution is 2.23. The van der Waals surface area contributed by atoms with Crippen molar-refractivity contribution in [1.29, 1.82) is 0 Å². The number of rotatable bonds is 4. The van der Waals surface area contributed by atoms with Crippen LogP contribution < -0.4 is 5.32 Å². The SMILES string of the molecule is CC(C)(C)OC(=O)n1cc(CCNC2=CC(=O)CC2)c2ccccc21. The predicted octanol–water partition coefficient (Wildman–Crippen LogP) is 3.80. The van der Waals surface area contributed by atoms with Crippen molar-refractivity contribution in [3.63, 3.8) is 0 Å². The second-order valence-corrected chi connectivity index (χ2v) is 7.33. The van der Waals surface area contributed by atoms with E-state index in [2.05, 4.69) is 5.32 Å². The molecule has 1 aromatic carbocycles. The van der Waals surface area contributed by atoms with Gasteiger partial charge < -0.3 is 10.1 Å². The topological polar surface area (TPSA) is 60.3 Å². The van der Waals surface area contributed by atoms with E-state index in [1.54, 1.807) is 10.6 Å². The van der Waals surface area contributed by atoms with Crippen LogP contribution in [0.25, 0.3) is 10.9 Å². The Morgan fingerprint density at radius 3 is 2.68 bits per heavy atom. The predicted molar refractivity (Wildman–Crippen MR) is 97.6 cm³/mol. The van der Waals surface area contributed by atoms with Crippen molar-refractivity contribution in [1.82, 2.24) is 9.88 Å². The molecule has 0 saturated carbocycles. The van der Waals surface area contributed by atoms with E-state index in [0.29, 0.717) is 6.42 Å². The van der Waals surface area contributed by atoms with Gasteiger partial charge in [-0.3, -0.25) is 9.36 Å². The first-order chi connectivity index (χ1) is 11.8. The summed E-state index contributed by atoms with van der Waals surface area (Å²) >= 11 is 0. The summed E-state index contributed by atoms with van der Waals surface area (Å²) in [6.07, 6.45) is 5.33. The molecule has 2 aromatic rings. The van der Waals surface area contributed by atoms with Gasteiger partial charge in [0.2, 0.25) is 0 Å². The molecule has 5 nitrogen and oxygen atoms in total. The molecule has 5 heteroatoms. The van der Waals surface area contributed by atoms with Gasteiger partial charge in [0, 0.05) is 36.3 Å². The zero-order valence-electron chi connectivity index (χ0n) is 15.0. The number of hydrogen-bond acceptors (Lipinski definition) is 4. The van der Waals surface area contributed by atoms with E-state index in [-0.39, 0.29) is 11.9 Å². The molecule has 1 aliphatic rings. The van der Waals surface area contributed by atoms with Gasteiger partial charge in [-0.1, -0.05) is 18.2 Å². The zero-order chi connectivity index (χ0) is 18.0. The quantitative estimate of drug-likeness (QED) is 0.919. The van der Waals surface area contributed by atoms with Gasteiger partial charge in [0.25, 0.3) is 0 Å². The van der Waals surface area contributed by atoms with Gasteiger partial charge in [0.15, 0.2) is 5.78 Å². The molecule has 0 radical (unpaired) electrons. The van der Waals surface area contributed by atoms with Crippen molar-refractivity contribution in [2.75, 3.05) is 6.54 Å². The first-order valence-corrected chi connectivity index (χ1v) is 8.63. The number of allylic oxidation sites excluding steroid dienone is 2. The maximum atomic E-state index is 12.5. The molecule has 0 bridgehead atoms. The highest BCUT2D eigenvalue weighted by atomic mass is 16.6. The van der Waals surface area contributed by atoms with Crippen LogP contribution in [-0.2, 0) is 16.0 Å². The molecule has 0 amide bonds. The van der Waals surface area contributed by atoms with Gasteiger partial charge in [0.1, 0.15) is 5.60 Å².